The van der Waals surface area contributed by atoms with E-state index in [0.29, 0.717) is 4.83 Å². The maximum absolute atomic E-state index is 5.18. The number of hydrogen-bond acceptors (Lipinski definition) is 4. The summed E-state index contributed by atoms with van der Waals surface area (Å²) in [6.07, 6.45) is 4.03. The Labute approximate surface area is 114 Å². The van der Waals surface area contributed by atoms with Gasteiger partial charge in [-0.1, -0.05) is 15.9 Å². The molecular formula is C13H14BrN3O. The lowest BCUT2D eigenvalue weighted by molar-refractivity contribution is 0.301. The molecule has 4 nitrogen and oxygen atoms in total. The third-order valence-electron chi connectivity index (χ3n) is 3.16. The molecule has 0 aromatic heterocycles. The maximum atomic E-state index is 5.18. The molecular weight excluding hydrogens is 294 g/mol. The fraction of sp³-hybridized carbons (Fsp3) is 0.308. The number of rotatable bonds is 2. The first-order chi connectivity index (χ1) is 8.79. The van der Waals surface area contributed by atoms with Crippen LogP contribution in [0.1, 0.15) is 5.56 Å². The number of hydrogen-bond donors (Lipinski definition) is 1. The Bertz CT molecular complexity index is 497. The van der Waals surface area contributed by atoms with Gasteiger partial charge in [-0.05, 0) is 35.9 Å². The van der Waals surface area contributed by atoms with Gasteiger partial charge in [-0.15, -0.1) is 0 Å². The van der Waals surface area contributed by atoms with Crippen molar-refractivity contribution >= 4 is 27.8 Å². The largest absolute Gasteiger partial charge is 0.497 e. The molecule has 3 rings (SSSR count). The number of aliphatic imine (C=N–C) groups is 1. The number of ether oxygens (including phenoxy) is 1. The van der Waals surface area contributed by atoms with E-state index >= 15 is 0 Å². The van der Waals surface area contributed by atoms with Gasteiger partial charge in [-0.25, -0.2) is 5.43 Å². The molecule has 1 saturated heterocycles. The Hall–Kier alpha value is -1.33. The number of methoxy groups -OCH3 is 1. The van der Waals surface area contributed by atoms with E-state index in [4.69, 9.17) is 4.74 Å². The summed E-state index contributed by atoms with van der Waals surface area (Å²) in [6, 6.07) is 8.06. The molecule has 1 aromatic carbocycles. The Balaban J connectivity index is 1.91. The summed E-state index contributed by atoms with van der Waals surface area (Å²) in [6.45, 7) is 0.884. The summed E-state index contributed by atoms with van der Waals surface area (Å²) < 4.78 is 5.18. The second-order valence-corrected chi connectivity index (χ2v) is 5.42. The van der Waals surface area contributed by atoms with Gasteiger partial charge in [-0.3, -0.25) is 10.0 Å². The predicted molar refractivity (Wildman–Crippen MR) is 75.8 cm³/mol. The van der Waals surface area contributed by atoms with Crippen molar-refractivity contribution in [2.45, 2.75) is 11.0 Å². The van der Waals surface area contributed by atoms with Crippen molar-refractivity contribution in [1.82, 2.24) is 10.4 Å². The van der Waals surface area contributed by atoms with E-state index < -0.39 is 0 Å². The van der Waals surface area contributed by atoms with Crippen LogP contribution in [0.4, 0.5) is 0 Å². The van der Waals surface area contributed by atoms with Crippen LogP contribution in [0, 0.1) is 0 Å². The zero-order chi connectivity index (χ0) is 12.5. The average molecular weight is 308 g/mol. The predicted octanol–water partition coefficient (Wildman–Crippen LogP) is 2.03. The molecule has 0 bridgehead atoms. The van der Waals surface area contributed by atoms with Crippen molar-refractivity contribution in [2.24, 2.45) is 4.99 Å². The van der Waals surface area contributed by atoms with Crippen LogP contribution in [0.25, 0.3) is 5.70 Å². The SMILES string of the molecule is COc1ccc(C2=CC=NC3C(Br)CNN23)cc1. The normalized spacial score (nSPS) is 25.9. The first-order valence-corrected chi connectivity index (χ1v) is 6.76. The molecule has 2 heterocycles. The van der Waals surface area contributed by atoms with E-state index in [1.165, 1.54) is 0 Å². The number of nitrogens with one attached hydrogen (secondary N) is 1. The molecule has 0 spiro atoms. The van der Waals surface area contributed by atoms with Crippen LogP contribution in [0.2, 0.25) is 0 Å². The molecule has 2 atom stereocenters. The Morgan fingerprint density at radius 1 is 1.39 bits per heavy atom. The van der Waals surface area contributed by atoms with Crippen LogP contribution in [0.15, 0.2) is 35.3 Å². The Kier molecular flexibility index (Phi) is 3.09. The van der Waals surface area contributed by atoms with Gasteiger partial charge in [0.05, 0.1) is 17.6 Å². The van der Waals surface area contributed by atoms with Crippen LogP contribution >= 0.6 is 15.9 Å². The number of fused-ring (bicyclic) bond motifs is 1. The standard InChI is InChI=1S/C13H14BrN3O/c1-18-10-4-2-9(3-5-10)12-6-7-15-13-11(14)8-16-17(12)13/h2-7,11,13,16H,8H2,1H3. The highest BCUT2D eigenvalue weighted by Crippen LogP contribution is 2.30. The number of hydrazine groups is 1. The highest BCUT2D eigenvalue weighted by molar-refractivity contribution is 9.09. The summed E-state index contributed by atoms with van der Waals surface area (Å²) in [4.78, 5) is 4.82. The number of alkyl halides is 1. The fourth-order valence-corrected chi connectivity index (χ4v) is 2.73. The van der Waals surface area contributed by atoms with Gasteiger partial charge in [-0.2, -0.15) is 0 Å². The Morgan fingerprint density at radius 2 is 2.17 bits per heavy atom. The molecule has 0 amide bonds. The number of nitrogens with zero attached hydrogens (tertiary/aromatic N) is 2. The van der Waals surface area contributed by atoms with Gasteiger partial charge in [0.1, 0.15) is 11.9 Å². The summed E-state index contributed by atoms with van der Waals surface area (Å²) in [5.41, 5.74) is 5.65. The van der Waals surface area contributed by atoms with E-state index in [1.807, 2.05) is 24.4 Å². The third-order valence-corrected chi connectivity index (χ3v) is 3.96. The average Bonchev–Trinajstić information content (AvgIpc) is 2.81. The highest BCUT2D eigenvalue weighted by atomic mass is 79.9. The smallest absolute Gasteiger partial charge is 0.149 e. The Morgan fingerprint density at radius 3 is 2.89 bits per heavy atom. The van der Waals surface area contributed by atoms with E-state index in [1.54, 1.807) is 7.11 Å². The fourth-order valence-electron chi connectivity index (χ4n) is 2.21. The van der Waals surface area contributed by atoms with E-state index in [-0.39, 0.29) is 6.17 Å². The molecule has 0 radical (unpaired) electrons. The number of allylic oxidation sites excluding steroid dienone is 1. The molecule has 5 heteroatoms. The maximum Gasteiger partial charge on any atom is 0.149 e. The lowest BCUT2D eigenvalue weighted by Gasteiger charge is -2.29. The monoisotopic (exact) mass is 307 g/mol. The van der Waals surface area contributed by atoms with E-state index in [0.717, 1.165) is 23.6 Å². The zero-order valence-electron chi connectivity index (χ0n) is 10.0. The second-order valence-electron chi connectivity index (χ2n) is 4.24. The molecule has 2 aliphatic heterocycles. The van der Waals surface area contributed by atoms with Gasteiger partial charge >= 0.3 is 0 Å². The molecule has 1 fully saturated rings. The minimum Gasteiger partial charge on any atom is -0.497 e. The number of benzene rings is 1. The van der Waals surface area contributed by atoms with Crippen LogP contribution in [0.3, 0.4) is 0 Å². The van der Waals surface area contributed by atoms with Crippen LogP contribution in [-0.4, -0.2) is 35.9 Å². The molecule has 2 aliphatic rings. The van der Waals surface area contributed by atoms with Gasteiger partial charge < -0.3 is 4.74 Å². The van der Waals surface area contributed by atoms with Crippen molar-refractivity contribution in [3.63, 3.8) is 0 Å². The van der Waals surface area contributed by atoms with Gasteiger partial charge in [0.25, 0.3) is 0 Å². The molecule has 0 aliphatic carbocycles. The van der Waals surface area contributed by atoms with Crippen molar-refractivity contribution in [3.05, 3.63) is 35.9 Å². The minimum absolute atomic E-state index is 0.132. The van der Waals surface area contributed by atoms with E-state index in [2.05, 4.69) is 43.5 Å². The van der Waals surface area contributed by atoms with E-state index in [9.17, 15) is 0 Å². The van der Waals surface area contributed by atoms with Gasteiger partial charge in [0, 0.05) is 12.8 Å². The minimum atomic E-state index is 0.132. The number of halogens is 1. The molecule has 94 valence electrons. The van der Waals surface area contributed by atoms with Crippen LogP contribution in [-0.2, 0) is 0 Å². The summed E-state index contributed by atoms with van der Waals surface area (Å²) in [5, 5.41) is 2.11. The molecule has 0 saturated carbocycles. The lowest BCUT2D eigenvalue weighted by Crippen LogP contribution is -2.37. The van der Waals surface area contributed by atoms with Crippen molar-refractivity contribution in [2.75, 3.05) is 13.7 Å². The quantitative estimate of drug-likeness (QED) is 0.850. The lowest BCUT2D eigenvalue weighted by atomic mass is 10.1. The first-order valence-electron chi connectivity index (χ1n) is 5.84. The summed E-state index contributed by atoms with van der Waals surface area (Å²) in [7, 11) is 1.68. The van der Waals surface area contributed by atoms with Crippen LogP contribution in [0.5, 0.6) is 5.75 Å². The van der Waals surface area contributed by atoms with Gasteiger partial charge in [0.15, 0.2) is 0 Å². The summed E-state index contributed by atoms with van der Waals surface area (Å²) >= 11 is 3.64. The zero-order valence-corrected chi connectivity index (χ0v) is 11.6. The van der Waals surface area contributed by atoms with Crippen molar-refractivity contribution in [3.8, 4) is 5.75 Å². The molecule has 1 N–H and O–H groups in total. The second kappa shape index (κ2) is 4.74. The molecule has 1 aromatic rings. The van der Waals surface area contributed by atoms with Crippen LogP contribution < -0.4 is 10.2 Å². The molecule has 2 unspecified atom stereocenters. The first kappa shape index (κ1) is 11.7. The molecule has 18 heavy (non-hydrogen) atoms. The van der Waals surface area contributed by atoms with Gasteiger partial charge in [0.2, 0.25) is 0 Å². The highest BCUT2D eigenvalue weighted by Gasteiger charge is 2.34. The summed E-state index contributed by atoms with van der Waals surface area (Å²) in [5.74, 6) is 0.869. The topological polar surface area (TPSA) is 36.9 Å². The van der Waals surface area contributed by atoms with Crippen molar-refractivity contribution in [1.29, 1.82) is 0 Å². The third kappa shape index (κ3) is 1.93. The van der Waals surface area contributed by atoms with Crippen molar-refractivity contribution < 1.29 is 4.74 Å².